The van der Waals surface area contributed by atoms with Crippen LogP contribution in [0.15, 0.2) is 71.9 Å². The van der Waals surface area contributed by atoms with Crippen molar-refractivity contribution < 1.29 is 4.79 Å². The van der Waals surface area contributed by atoms with E-state index in [2.05, 4.69) is 23.3 Å². The van der Waals surface area contributed by atoms with Crippen molar-refractivity contribution in [3.05, 3.63) is 72.6 Å². The third-order valence-corrected chi connectivity index (χ3v) is 5.93. The SMILES string of the molecule is CN(CC(=O)N1c2ccccc2SCC1c1ccccc1)c1cnn(C)c1. The molecule has 0 bridgehead atoms. The predicted octanol–water partition coefficient (Wildman–Crippen LogP) is 3.74. The molecule has 6 heteroatoms. The molecule has 1 unspecified atom stereocenters. The third kappa shape index (κ3) is 3.57. The average molecular weight is 379 g/mol. The maximum atomic E-state index is 13.4. The quantitative estimate of drug-likeness (QED) is 0.694. The fraction of sp³-hybridized carbons (Fsp3) is 0.238. The topological polar surface area (TPSA) is 41.4 Å². The molecule has 0 aliphatic carbocycles. The zero-order valence-electron chi connectivity index (χ0n) is 15.4. The maximum absolute atomic E-state index is 13.4. The molecule has 0 saturated carbocycles. The van der Waals surface area contributed by atoms with Gasteiger partial charge in [0.05, 0.1) is 30.2 Å². The van der Waals surface area contributed by atoms with Gasteiger partial charge in [-0.05, 0) is 17.7 Å². The lowest BCUT2D eigenvalue weighted by atomic mass is 10.1. The second-order valence-electron chi connectivity index (χ2n) is 6.70. The Bertz CT molecular complexity index is 940. The Hall–Kier alpha value is -2.73. The van der Waals surface area contributed by atoms with Gasteiger partial charge in [0.25, 0.3) is 0 Å². The molecule has 0 radical (unpaired) electrons. The lowest BCUT2D eigenvalue weighted by Crippen LogP contribution is -2.43. The molecule has 2 aromatic carbocycles. The van der Waals surface area contributed by atoms with E-state index in [1.54, 1.807) is 10.9 Å². The van der Waals surface area contributed by atoms with Crippen LogP contribution in [0.25, 0.3) is 0 Å². The zero-order chi connectivity index (χ0) is 18.8. The van der Waals surface area contributed by atoms with Crippen LogP contribution in [0.4, 0.5) is 11.4 Å². The lowest BCUT2D eigenvalue weighted by Gasteiger charge is -2.38. The monoisotopic (exact) mass is 378 g/mol. The van der Waals surface area contributed by atoms with E-state index >= 15 is 0 Å². The van der Waals surface area contributed by atoms with Gasteiger partial charge in [-0.15, -0.1) is 11.8 Å². The molecule has 0 saturated heterocycles. The van der Waals surface area contributed by atoms with Crippen LogP contribution in [0.2, 0.25) is 0 Å². The summed E-state index contributed by atoms with van der Waals surface area (Å²) in [6.07, 6.45) is 3.70. The molecule has 1 aromatic heterocycles. The van der Waals surface area contributed by atoms with Crippen molar-refractivity contribution in [3.63, 3.8) is 0 Å². The van der Waals surface area contributed by atoms with Crippen LogP contribution in [0.5, 0.6) is 0 Å². The summed E-state index contributed by atoms with van der Waals surface area (Å²) in [7, 11) is 3.81. The first-order valence-corrected chi connectivity index (χ1v) is 9.90. The van der Waals surface area contributed by atoms with Crippen LogP contribution in [-0.4, -0.2) is 35.0 Å². The van der Waals surface area contributed by atoms with E-state index in [-0.39, 0.29) is 11.9 Å². The van der Waals surface area contributed by atoms with Crippen LogP contribution in [0.1, 0.15) is 11.6 Å². The van der Waals surface area contributed by atoms with Gasteiger partial charge in [-0.3, -0.25) is 9.48 Å². The van der Waals surface area contributed by atoms with E-state index in [0.717, 1.165) is 27.6 Å². The van der Waals surface area contributed by atoms with Crippen molar-refractivity contribution in [1.29, 1.82) is 0 Å². The summed E-state index contributed by atoms with van der Waals surface area (Å²) in [4.78, 5) is 18.5. The van der Waals surface area contributed by atoms with E-state index in [1.165, 1.54) is 0 Å². The molecule has 138 valence electrons. The van der Waals surface area contributed by atoms with Crippen LogP contribution < -0.4 is 9.80 Å². The highest BCUT2D eigenvalue weighted by atomic mass is 32.2. The van der Waals surface area contributed by atoms with Gasteiger partial charge in [0.1, 0.15) is 0 Å². The molecule has 1 aliphatic heterocycles. The van der Waals surface area contributed by atoms with Gasteiger partial charge in [-0.2, -0.15) is 5.10 Å². The predicted molar refractivity (Wildman–Crippen MR) is 110 cm³/mol. The molecule has 0 fully saturated rings. The molecule has 0 N–H and O–H groups in total. The van der Waals surface area contributed by atoms with Crippen molar-refractivity contribution in [2.45, 2.75) is 10.9 Å². The number of carbonyl (C=O) groups excluding carboxylic acids is 1. The van der Waals surface area contributed by atoms with Crippen LogP contribution in [0, 0.1) is 0 Å². The Morgan fingerprint density at radius 2 is 1.93 bits per heavy atom. The van der Waals surface area contributed by atoms with Crippen LogP contribution in [-0.2, 0) is 11.8 Å². The van der Waals surface area contributed by atoms with E-state index in [9.17, 15) is 4.79 Å². The Labute approximate surface area is 163 Å². The van der Waals surface area contributed by atoms with Crippen molar-refractivity contribution in [1.82, 2.24) is 9.78 Å². The minimum absolute atomic E-state index is 0.0286. The number of hydrogen-bond donors (Lipinski definition) is 0. The molecule has 3 aromatic rings. The number of benzene rings is 2. The number of amides is 1. The number of rotatable bonds is 4. The van der Waals surface area contributed by atoms with Crippen molar-refractivity contribution in [2.75, 3.05) is 29.1 Å². The molecular formula is C21H22N4OS. The Morgan fingerprint density at radius 1 is 1.19 bits per heavy atom. The summed E-state index contributed by atoms with van der Waals surface area (Å²) in [5.74, 6) is 0.937. The molecule has 1 aliphatic rings. The largest absolute Gasteiger partial charge is 0.363 e. The average Bonchev–Trinajstić information content (AvgIpc) is 3.14. The van der Waals surface area contributed by atoms with Crippen molar-refractivity contribution in [3.8, 4) is 0 Å². The first kappa shape index (κ1) is 17.7. The number of carbonyl (C=O) groups is 1. The minimum Gasteiger partial charge on any atom is -0.363 e. The zero-order valence-corrected chi connectivity index (χ0v) is 16.3. The second-order valence-corrected chi connectivity index (χ2v) is 7.76. The number of hydrogen-bond acceptors (Lipinski definition) is 4. The fourth-order valence-electron chi connectivity index (χ4n) is 3.39. The van der Waals surface area contributed by atoms with Crippen LogP contribution >= 0.6 is 11.8 Å². The molecule has 4 rings (SSSR count). The highest BCUT2D eigenvalue weighted by molar-refractivity contribution is 7.99. The molecule has 1 atom stereocenters. The summed E-state index contributed by atoms with van der Waals surface area (Å²) < 4.78 is 1.75. The summed E-state index contributed by atoms with van der Waals surface area (Å²) in [5, 5.41) is 4.20. The highest BCUT2D eigenvalue weighted by Crippen LogP contribution is 2.43. The Morgan fingerprint density at radius 3 is 2.67 bits per heavy atom. The van der Waals surface area contributed by atoms with Gasteiger partial charge < -0.3 is 9.80 Å². The van der Waals surface area contributed by atoms with Crippen molar-refractivity contribution >= 4 is 29.0 Å². The number of aromatic nitrogens is 2. The molecule has 5 nitrogen and oxygen atoms in total. The normalized spacial score (nSPS) is 16.1. The number of thioether (sulfide) groups is 1. The van der Waals surface area contributed by atoms with Gasteiger partial charge >= 0.3 is 0 Å². The molecule has 2 heterocycles. The van der Waals surface area contributed by atoms with Gasteiger partial charge in [0, 0.05) is 30.9 Å². The first-order valence-electron chi connectivity index (χ1n) is 8.92. The molecular weight excluding hydrogens is 356 g/mol. The number of fused-ring (bicyclic) bond motifs is 1. The number of aryl methyl sites for hydroxylation is 1. The summed E-state index contributed by atoms with van der Waals surface area (Å²) >= 11 is 1.81. The van der Waals surface area contributed by atoms with Gasteiger partial charge in [0.2, 0.25) is 5.91 Å². The molecule has 1 amide bonds. The van der Waals surface area contributed by atoms with Crippen LogP contribution in [0.3, 0.4) is 0 Å². The molecule has 27 heavy (non-hydrogen) atoms. The highest BCUT2D eigenvalue weighted by Gasteiger charge is 2.32. The molecule has 0 spiro atoms. The van der Waals surface area contributed by atoms with E-state index in [1.807, 2.05) is 78.3 Å². The fourth-order valence-corrected chi connectivity index (χ4v) is 4.56. The lowest BCUT2D eigenvalue weighted by molar-refractivity contribution is -0.117. The minimum atomic E-state index is 0.0286. The third-order valence-electron chi connectivity index (χ3n) is 4.79. The number of para-hydroxylation sites is 1. The second kappa shape index (κ2) is 7.48. The van der Waals surface area contributed by atoms with E-state index in [4.69, 9.17) is 0 Å². The standard InChI is InChI=1S/C21H22N4OS/c1-23(17-12-22-24(2)13-17)14-21(26)25-18-10-6-7-11-20(18)27-15-19(25)16-8-4-3-5-9-16/h3-13,19H,14-15H2,1-2H3. The summed E-state index contributed by atoms with van der Waals surface area (Å²) in [6.45, 7) is 0.300. The van der Waals surface area contributed by atoms with E-state index < -0.39 is 0 Å². The Kier molecular flexibility index (Phi) is 4.90. The van der Waals surface area contributed by atoms with E-state index in [0.29, 0.717) is 6.54 Å². The number of nitrogens with zero attached hydrogens (tertiary/aromatic N) is 4. The van der Waals surface area contributed by atoms with Gasteiger partial charge in [-0.1, -0.05) is 42.5 Å². The number of anilines is 2. The summed E-state index contributed by atoms with van der Waals surface area (Å²) in [5.41, 5.74) is 3.09. The van der Waals surface area contributed by atoms with Gasteiger partial charge in [0.15, 0.2) is 0 Å². The maximum Gasteiger partial charge on any atom is 0.247 e. The first-order chi connectivity index (χ1) is 13.1. The van der Waals surface area contributed by atoms with Crippen molar-refractivity contribution in [2.24, 2.45) is 7.05 Å². The smallest absolute Gasteiger partial charge is 0.247 e. The summed E-state index contributed by atoms with van der Waals surface area (Å²) in [6, 6.07) is 18.5. The number of likely N-dealkylation sites (N-methyl/N-ethyl adjacent to an activating group) is 1. The van der Waals surface area contributed by atoms with Gasteiger partial charge in [-0.25, -0.2) is 0 Å². The Balaban J connectivity index is 1.66.